The van der Waals surface area contributed by atoms with Crippen molar-refractivity contribution in [1.82, 2.24) is 10.2 Å². The Labute approximate surface area is 176 Å². The highest BCUT2D eigenvalue weighted by molar-refractivity contribution is 5.77. The van der Waals surface area contributed by atoms with E-state index in [2.05, 4.69) is 10.2 Å². The molecule has 0 unspecified atom stereocenters. The summed E-state index contributed by atoms with van der Waals surface area (Å²) in [6, 6.07) is 10.3. The number of amides is 1. The second kappa shape index (κ2) is 9.91. The molecule has 2 aromatic rings. The van der Waals surface area contributed by atoms with Gasteiger partial charge < -0.3 is 19.5 Å². The molecule has 3 rings (SSSR count). The number of fused-ring (bicyclic) bond motifs is 1. The van der Waals surface area contributed by atoms with E-state index in [1.807, 2.05) is 25.1 Å². The van der Waals surface area contributed by atoms with Crippen LogP contribution in [0.3, 0.4) is 0 Å². The van der Waals surface area contributed by atoms with Gasteiger partial charge in [0.2, 0.25) is 5.91 Å². The molecule has 2 atom stereocenters. The molecule has 7 heteroatoms. The molecule has 0 aromatic heterocycles. The molecule has 6 nitrogen and oxygen atoms in total. The summed E-state index contributed by atoms with van der Waals surface area (Å²) in [6.45, 7) is 3.32. The van der Waals surface area contributed by atoms with Crippen molar-refractivity contribution in [3.05, 3.63) is 58.9 Å². The van der Waals surface area contributed by atoms with Crippen LogP contribution in [0.5, 0.6) is 11.5 Å². The minimum Gasteiger partial charge on any atom is -0.493 e. The number of benzene rings is 2. The average Bonchev–Trinajstić information content (AvgIpc) is 2.72. The van der Waals surface area contributed by atoms with Gasteiger partial charge >= 0.3 is 0 Å². The van der Waals surface area contributed by atoms with Crippen LogP contribution in [0.1, 0.15) is 29.7 Å². The molecule has 1 heterocycles. The highest BCUT2D eigenvalue weighted by Crippen LogP contribution is 2.40. The van der Waals surface area contributed by atoms with E-state index in [0.29, 0.717) is 18.0 Å². The molecular formula is C23H29FN2O4. The van der Waals surface area contributed by atoms with Gasteiger partial charge in [0.1, 0.15) is 12.4 Å². The number of ether oxygens (including phenoxy) is 3. The molecule has 0 fully saturated rings. The number of rotatable bonds is 8. The fourth-order valence-electron chi connectivity index (χ4n) is 4.17. The zero-order valence-electron chi connectivity index (χ0n) is 17.9. The highest BCUT2D eigenvalue weighted by atomic mass is 19.1. The zero-order chi connectivity index (χ0) is 21.7. The number of nitrogens with one attached hydrogen (secondary N) is 1. The van der Waals surface area contributed by atoms with Gasteiger partial charge in [-0.2, -0.15) is 0 Å². The van der Waals surface area contributed by atoms with E-state index in [4.69, 9.17) is 14.2 Å². The van der Waals surface area contributed by atoms with E-state index in [1.54, 1.807) is 26.4 Å². The van der Waals surface area contributed by atoms with Crippen molar-refractivity contribution in [2.45, 2.75) is 32.0 Å². The maximum atomic E-state index is 13.7. The lowest BCUT2D eigenvalue weighted by molar-refractivity contribution is -0.125. The second-order valence-electron chi connectivity index (χ2n) is 7.49. The molecule has 0 spiro atoms. The molecule has 1 N–H and O–H groups in total. The molecule has 2 aromatic carbocycles. The lowest BCUT2D eigenvalue weighted by Crippen LogP contribution is -2.48. The Morgan fingerprint density at radius 1 is 1.20 bits per heavy atom. The predicted molar refractivity (Wildman–Crippen MR) is 112 cm³/mol. The van der Waals surface area contributed by atoms with Crippen LogP contribution in [0.25, 0.3) is 0 Å². The van der Waals surface area contributed by atoms with E-state index in [9.17, 15) is 9.18 Å². The first-order valence-corrected chi connectivity index (χ1v) is 9.98. The van der Waals surface area contributed by atoms with Gasteiger partial charge in [0.25, 0.3) is 0 Å². The Morgan fingerprint density at radius 3 is 2.60 bits per heavy atom. The lowest BCUT2D eigenvalue weighted by Gasteiger charge is -2.41. The van der Waals surface area contributed by atoms with Crippen molar-refractivity contribution in [3.63, 3.8) is 0 Å². The van der Waals surface area contributed by atoms with Crippen LogP contribution in [0.15, 0.2) is 36.4 Å². The van der Waals surface area contributed by atoms with E-state index in [1.165, 1.54) is 13.2 Å². The van der Waals surface area contributed by atoms with Crippen LogP contribution in [0.4, 0.5) is 4.39 Å². The van der Waals surface area contributed by atoms with Gasteiger partial charge in [0.05, 0.1) is 20.3 Å². The van der Waals surface area contributed by atoms with Gasteiger partial charge in [-0.05, 0) is 54.3 Å². The van der Waals surface area contributed by atoms with E-state index in [0.717, 1.165) is 29.7 Å². The minimum atomic E-state index is -0.255. The first-order chi connectivity index (χ1) is 14.5. The molecule has 0 saturated carbocycles. The number of hydrogen-bond donors (Lipinski definition) is 1. The molecule has 0 aliphatic carbocycles. The third-order valence-electron chi connectivity index (χ3n) is 5.44. The maximum absolute atomic E-state index is 13.7. The third-order valence-corrected chi connectivity index (χ3v) is 5.44. The average molecular weight is 416 g/mol. The summed E-state index contributed by atoms with van der Waals surface area (Å²) in [7, 11) is 4.72. The van der Waals surface area contributed by atoms with Crippen molar-refractivity contribution in [3.8, 4) is 11.5 Å². The van der Waals surface area contributed by atoms with Crippen LogP contribution >= 0.6 is 0 Å². The molecule has 30 heavy (non-hydrogen) atoms. The number of methoxy groups -OCH3 is 3. The first kappa shape index (κ1) is 22.1. The van der Waals surface area contributed by atoms with Crippen LogP contribution in [-0.2, 0) is 22.5 Å². The standard InChI is InChI=1S/C23H29FN2O4/c1-15(25-22(27)14-28-2)23-19-12-21(30-4)20(29-3)11-17(19)8-9-26(23)13-16-6-5-7-18(24)10-16/h5-7,10-12,15,23H,8-9,13-14H2,1-4H3,(H,25,27)/t15-,23-/m0/s1. The summed E-state index contributed by atoms with van der Waals surface area (Å²) >= 11 is 0. The second-order valence-corrected chi connectivity index (χ2v) is 7.49. The monoisotopic (exact) mass is 416 g/mol. The summed E-state index contributed by atoms with van der Waals surface area (Å²) in [5.74, 6) is 0.895. The smallest absolute Gasteiger partial charge is 0.246 e. The number of halogens is 1. The molecule has 1 aliphatic heterocycles. The SMILES string of the molecule is COCC(=O)N[C@@H](C)[C@H]1c2cc(OC)c(OC)cc2CCN1Cc1cccc(F)c1. The Balaban J connectivity index is 1.97. The van der Waals surface area contributed by atoms with Crippen LogP contribution < -0.4 is 14.8 Å². The minimum absolute atomic E-state index is 0.000251. The van der Waals surface area contributed by atoms with Crippen LogP contribution in [0, 0.1) is 5.82 Å². The van der Waals surface area contributed by atoms with Crippen molar-refractivity contribution in [2.24, 2.45) is 0 Å². The van der Waals surface area contributed by atoms with E-state index < -0.39 is 0 Å². The van der Waals surface area contributed by atoms with Gasteiger partial charge in [-0.3, -0.25) is 9.69 Å². The maximum Gasteiger partial charge on any atom is 0.246 e. The number of carbonyl (C=O) groups excluding carboxylic acids is 1. The van der Waals surface area contributed by atoms with E-state index in [-0.39, 0.29) is 30.4 Å². The summed E-state index contributed by atoms with van der Waals surface area (Å²) in [4.78, 5) is 14.5. The van der Waals surface area contributed by atoms with Gasteiger partial charge in [0, 0.05) is 26.2 Å². The Hall–Kier alpha value is -2.64. The number of hydrogen-bond acceptors (Lipinski definition) is 5. The molecule has 1 amide bonds. The summed E-state index contributed by atoms with van der Waals surface area (Å²) in [5.41, 5.74) is 3.11. The normalized spacial score (nSPS) is 17.2. The predicted octanol–water partition coefficient (Wildman–Crippen LogP) is 3.09. The van der Waals surface area contributed by atoms with Gasteiger partial charge in [-0.15, -0.1) is 0 Å². The van der Waals surface area contributed by atoms with Crippen LogP contribution in [-0.4, -0.2) is 51.3 Å². The van der Waals surface area contributed by atoms with Crippen LogP contribution in [0.2, 0.25) is 0 Å². The fourth-order valence-corrected chi connectivity index (χ4v) is 4.17. The number of nitrogens with zero attached hydrogens (tertiary/aromatic N) is 1. The third kappa shape index (κ3) is 4.91. The van der Waals surface area contributed by atoms with Gasteiger partial charge in [0.15, 0.2) is 11.5 Å². The molecule has 162 valence electrons. The summed E-state index contributed by atoms with van der Waals surface area (Å²) in [5, 5.41) is 3.03. The quantitative estimate of drug-likeness (QED) is 0.717. The molecule has 0 bridgehead atoms. The van der Waals surface area contributed by atoms with Gasteiger partial charge in [-0.25, -0.2) is 4.39 Å². The Kier molecular flexibility index (Phi) is 7.29. The highest BCUT2D eigenvalue weighted by Gasteiger charge is 2.33. The van der Waals surface area contributed by atoms with E-state index >= 15 is 0 Å². The molecule has 1 aliphatic rings. The van der Waals surface area contributed by atoms with Crippen molar-refractivity contribution in [2.75, 3.05) is 34.5 Å². The lowest BCUT2D eigenvalue weighted by atomic mass is 9.87. The van der Waals surface area contributed by atoms with Crippen molar-refractivity contribution < 1.29 is 23.4 Å². The molecule has 0 saturated heterocycles. The fraction of sp³-hybridized carbons (Fsp3) is 0.435. The molecule has 0 radical (unpaired) electrons. The number of carbonyl (C=O) groups is 1. The summed E-state index contributed by atoms with van der Waals surface area (Å²) < 4.78 is 29.7. The topological polar surface area (TPSA) is 60.0 Å². The Morgan fingerprint density at radius 2 is 1.93 bits per heavy atom. The van der Waals surface area contributed by atoms with Crippen molar-refractivity contribution in [1.29, 1.82) is 0 Å². The summed E-state index contributed by atoms with van der Waals surface area (Å²) in [6.07, 6.45) is 0.820. The van der Waals surface area contributed by atoms with Crippen molar-refractivity contribution >= 4 is 5.91 Å². The van der Waals surface area contributed by atoms with Gasteiger partial charge in [-0.1, -0.05) is 12.1 Å². The molecular weight excluding hydrogens is 387 g/mol. The largest absolute Gasteiger partial charge is 0.493 e. The zero-order valence-corrected chi connectivity index (χ0v) is 17.9. The first-order valence-electron chi connectivity index (χ1n) is 9.98. The Bertz CT molecular complexity index is 890.